The van der Waals surface area contributed by atoms with Crippen molar-refractivity contribution >= 4 is 0 Å². The zero-order valence-electron chi connectivity index (χ0n) is 9.02. The molecule has 2 aromatic rings. The molecule has 0 unspecified atom stereocenters. The van der Waals surface area contributed by atoms with Crippen LogP contribution in [-0.2, 0) is 20.1 Å². The summed E-state index contributed by atoms with van der Waals surface area (Å²) in [6.45, 7) is 1.06. The van der Waals surface area contributed by atoms with Gasteiger partial charge in [-0.1, -0.05) is 18.2 Å². The molecule has 1 heterocycles. The SMILES string of the molecule is Cn1ncnc1CNCc1ccccc1F. The Morgan fingerprint density at radius 2 is 2.12 bits per heavy atom. The van der Waals surface area contributed by atoms with Gasteiger partial charge < -0.3 is 5.32 Å². The van der Waals surface area contributed by atoms with E-state index in [1.165, 1.54) is 12.4 Å². The molecule has 0 aliphatic heterocycles. The predicted molar refractivity (Wildman–Crippen MR) is 57.9 cm³/mol. The fourth-order valence-electron chi connectivity index (χ4n) is 1.43. The number of nitrogens with one attached hydrogen (secondary N) is 1. The lowest BCUT2D eigenvalue weighted by Crippen LogP contribution is -2.16. The lowest BCUT2D eigenvalue weighted by atomic mass is 10.2. The zero-order chi connectivity index (χ0) is 11.4. The highest BCUT2D eigenvalue weighted by Gasteiger charge is 2.02. The number of rotatable bonds is 4. The smallest absolute Gasteiger partial charge is 0.140 e. The van der Waals surface area contributed by atoms with Gasteiger partial charge in [-0.05, 0) is 6.07 Å². The molecule has 0 radical (unpaired) electrons. The number of hydrogen-bond donors (Lipinski definition) is 1. The third-order valence-electron chi connectivity index (χ3n) is 2.36. The van der Waals surface area contributed by atoms with E-state index in [-0.39, 0.29) is 5.82 Å². The molecular formula is C11H13FN4. The number of hydrogen-bond acceptors (Lipinski definition) is 3. The van der Waals surface area contributed by atoms with Gasteiger partial charge in [0.1, 0.15) is 18.0 Å². The maximum absolute atomic E-state index is 13.3. The lowest BCUT2D eigenvalue weighted by Gasteiger charge is -2.05. The first kappa shape index (κ1) is 10.8. The molecule has 0 fully saturated rings. The summed E-state index contributed by atoms with van der Waals surface area (Å²) in [4.78, 5) is 4.06. The molecule has 1 aromatic heterocycles. The van der Waals surface area contributed by atoms with E-state index >= 15 is 0 Å². The highest BCUT2D eigenvalue weighted by molar-refractivity contribution is 5.16. The van der Waals surface area contributed by atoms with Crippen LogP contribution in [0.1, 0.15) is 11.4 Å². The Labute approximate surface area is 93.1 Å². The Kier molecular flexibility index (Phi) is 3.26. The normalized spacial score (nSPS) is 10.6. The van der Waals surface area contributed by atoms with Crippen molar-refractivity contribution in [2.75, 3.05) is 0 Å². The van der Waals surface area contributed by atoms with E-state index in [0.29, 0.717) is 18.7 Å². The number of halogens is 1. The number of nitrogens with zero attached hydrogens (tertiary/aromatic N) is 3. The van der Waals surface area contributed by atoms with Crippen LogP contribution >= 0.6 is 0 Å². The van der Waals surface area contributed by atoms with E-state index in [9.17, 15) is 4.39 Å². The molecule has 4 nitrogen and oxygen atoms in total. The predicted octanol–water partition coefficient (Wildman–Crippen LogP) is 1.24. The third-order valence-corrected chi connectivity index (χ3v) is 2.36. The molecule has 0 amide bonds. The minimum atomic E-state index is -0.187. The largest absolute Gasteiger partial charge is 0.306 e. The second-order valence-corrected chi connectivity index (χ2v) is 3.49. The fourth-order valence-corrected chi connectivity index (χ4v) is 1.43. The second kappa shape index (κ2) is 4.85. The van der Waals surface area contributed by atoms with Gasteiger partial charge in [0.25, 0.3) is 0 Å². The number of benzene rings is 1. The first-order valence-corrected chi connectivity index (χ1v) is 5.04. The molecule has 0 bridgehead atoms. The van der Waals surface area contributed by atoms with Gasteiger partial charge in [0, 0.05) is 19.2 Å². The Bertz CT molecular complexity index is 467. The van der Waals surface area contributed by atoms with Crippen molar-refractivity contribution < 1.29 is 4.39 Å². The maximum Gasteiger partial charge on any atom is 0.140 e. The average molecular weight is 220 g/mol. The van der Waals surface area contributed by atoms with Gasteiger partial charge >= 0.3 is 0 Å². The van der Waals surface area contributed by atoms with Crippen LogP contribution in [-0.4, -0.2) is 14.8 Å². The van der Waals surface area contributed by atoms with Crippen molar-refractivity contribution in [2.24, 2.45) is 7.05 Å². The van der Waals surface area contributed by atoms with Crippen LogP contribution in [0.2, 0.25) is 0 Å². The van der Waals surface area contributed by atoms with Crippen LogP contribution in [0.15, 0.2) is 30.6 Å². The topological polar surface area (TPSA) is 42.7 Å². The van der Waals surface area contributed by atoms with Crippen molar-refractivity contribution in [3.8, 4) is 0 Å². The van der Waals surface area contributed by atoms with Gasteiger partial charge in [0.15, 0.2) is 0 Å². The summed E-state index contributed by atoms with van der Waals surface area (Å²) in [5, 5.41) is 7.07. The van der Waals surface area contributed by atoms with Crippen LogP contribution in [0.5, 0.6) is 0 Å². The van der Waals surface area contributed by atoms with E-state index in [0.717, 1.165) is 5.82 Å². The summed E-state index contributed by atoms with van der Waals surface area (Å²) >= 11 is 0. The molecule has 5 heteroatoms. The van der Waals surface area contributed by atoms with Gasteiger partial charge in [-0.25, -0.2) is 9.37 Å². The maximum atomic E-state index is 13.3. The van der Waals surface area contributed by atoms with Crippen molar-refractivity contribution in [3.63, 3.8) is 0 Å². The Hall–Kier alpha value is -1.75. The van der Waals surface area contributed by atoms with E-state index in [2.05, 4.69) is 15.4 Å². The molecule has 84 valence electrons. The first-order chi connectivity index (χ1) is 7.77. The van der Waals surface area contributed by atoms with Crippen LogP contribution in [0.4, 0.5) is 4.39 Å². The molecule has 0 atom stereocenters. The van der Waals surface area contributed by atoms with E-state index in [1.54, 1.807) is 16.8 Å². The van der Waals surface area contributed by atoms with Crippen molar-refractivity contribution in [1.82, 2.24) is 20.1 Å². The summed E-state index contributed by atoms with van der Waals surface area (Å²) < 4.78 is 15.0. The quantitative estimate of drug-likeness (QED) is 0.843. The Morgan fingerprint density at radius 1 is 1.31 bits per heavy atom. The molecule has 16 heavy (non-hydrogen) atoms. The molecule has 1 N–H and O–H groups in total. The Morgan fingerprint density at radius 3 is 2.81 bits per heavy atom. The standard InChI is InChI=1S/C11H13FN4/c1-16-11(14-8-15-16)7-13-6-9-4-2-3-5-10(9)12/h2-5,8,13H,6-7H2,1H3. The van der Waals surface area contributed by atoms with Gasteiger partial charge in [-0.3, -0.25) is 4.68 Å². The van der Waals surface area contributed by atoms with Crippen LogP contribution in [0.25, 0.3) is 0 Å². The number of aryl methyl sites for hydroxylation is 1. The highest BCUT2D eigenvalue weighted by Crippen LogP contribution is 2.05. The molecule has 0 spiro atoms. The molecule has 2 rings (SSSR count). The number of aromatic nitrogens is 3. The van der Waals surface area contributed by atoms with E-state index < -0.39 is 0 Å². The van der Waals surface area contributed by atoms with Gasteiger partial charge in [-0.2, -0.15) is 5.10 Å². The summed E-state index contributed by atoms with van der Waals surface area (Å²) in [7, 11) is 1.83. The molecule has 0 saturated carbocycles. The second-order valence-electron chi connectivity index (χ2n) is 3.49. The monoisotopic (exact) mass is 220 g/mol. The molecular weight excluding hydrogens is 207 g/mol. The molecule has 1 aromatic carbocycles. The summed E-state index contributed by atoms with van der Waals surface area (Å²) in [5.41, 5.74) is 0.657. The molecule has 0 saturated heterocycles. The molecule has 0 aliphatic carbocycles. The van der Waals surface area contributed by atoms with Crippen molar-refractivity contribution in [2.45, 2.75) is 13.1 Å². The summed E-state index contributed by atoms with van der Waals surface area (Å²) in [5.74, 6) is 0.643. The first-order valence-electron chi connectivity index (χ1n) is 5.04. The minimum absolute atomic E-state index is 0.187. The van der Waals surface area contributed by atoms with E-state index in [1.807, 2.05) is 13.1 Å². The minimum Gasteiger partial charge on any atom is -0.306 e. The van der Waals surface area contributed by atoms with Gasteiger partial charge in [0.05, 0.1) is 6.54 Å². The van der Waals surface area contributed by atoms with Crippen molar-refractivity contribution in [1.29, 1.82) is 0 Å². The summed E-state index contributed by atoms with van der Waals surface area (Å²) in [6, 6.07) is 6.72. The van der Waals surface area contributed by atoms with Crippen LogP contribution in [0, 0.1) is 5.82 Å². The zero-order valence-corrected chi connectivity index (χ0v) is 9.02. The van der Waals surface area contributed by atoms with Crippen LogP contribution < -0.4 is 5.32 Å². The third kappa shape index (κ3) is 2.43. The Balaban J connectivity index is 1.89. The summed E-state index contributed by atoms with van der Waals surface area (Å²) in [6.07, 6.45) is 1.50. The van der Waals surface area contributed by atoms with E-state index in [4.69, 9.17) is 0 Å². The van der Waals surface area contributed by atoms with Crippen LogP contribution in [0.3, 0.4) is 0 Å². The van der Waals surface area contributed by atoms with Gasteiger partial charge in [-0.15, -0.1) is 0 Å². The molecule has 0 aliphatic rings. The average Bonchev–Trinajstić information content (AvgIpc) is 2.67. The van der Waals surface area contributed by atoms with Gasteiger partial charge in [0.2, 0.25) is 0 Å². The highest BCUT2D eigenvalue weighted by atomic mass is 19.1. The van der Waals surface area contributed by atoms with Crippen molar-refractivity contribution in [3.05, 3.63) is 47.8 Å². The lowest BCUT2D eigenvalue weighted by molar-refractivity contribution is 0.572. The fraction of sp³-hybridized carbons (Fsp3) is 0.273.